The van der Waals surface area contributed by atoms with Gasteiger partial charge in [0.05, 0.1) is 18.5 Å². The number of benzene rings is 1. The van der Waals surface area contributed by atoms with Crippen LogP contribution in [0.5, 0.6) is 11.6 Å². The summed E-state index contributed by atoms with van der Waals surface area (Å²) in [4.78, 5) is 20.7. The van der Waals surface area contributed by atoms with Crippen molar-refractivity contribution in [3.8, 4) is 11.6 Å². The first-order chi connectivity index (χ1) is 14.1. The first-order valence-electron chi connectivity index (χ1n) is 9.41. The van der Waals surface area contributed by atoms with E-state index in [9.17, 15) is 14.3 Å². The van der Waals surface area contributed by atoms with E-state index in [-0.39, 0.29) is 29.5 Å². The summed E-state index contributed by atoms with van der Waals surface area (Å²) in [7, 11) is 0. The fraction of sp³-hybridized carbons (Fsp3) is 0.286. The van der Waals surface area contributed by atoms with Gasteiger partial charge in [0.15, 0.2) is 11.6 Å². The molecule has 2 aromatic heterocycles. The van der Waals surface area contributed by atoms with Crippen LogP contribution in [0.4, 0.5) is 4.39 Å². The quantitative estimate of drug-likeness (QED) is 0.669. The summed E-state index contributed by atoms with van der Waals surface area (Å²) in [6, 6.07) is 8.65. The minimum absolute atomic E-state index is 0.0334. The molecule has 3 atom stereocenters. The molecule has 1 fully saturated rings. The van der Waals surface area contributed by atoms with Crippen LogP contribution in [0.25, 0.3) is 0 Å². The number of para-hydroxylation sites is 1. The van der Waals surface area contributed by atoms with Crippen molar-refractivity contribution in [2.24, 2.45) is 5.92 Å². The van der Waals surface area contributed by atoms with E-state index in [2.05, 4.69) is 15.3 Å². The highest BCUT2D eigenvalue weighted by Gasteiger charge is 2.34. The second kappa shape index (κ2) is 8.40. The summed E-state index contributed by atoms with van der Waals surface area (Å²) in [6.07, 6.45) is 7.45. The third-order valence-corrected chi connectivity index (χ3v) is 5.02. The molecule has 0 saturated heterocycles. The number of halogens is 1. The molecule has 1 saturated carbocycles. The van der Waals surface area contributed by atoms with E-state index in [1.165, 1.54) is 24.4 Å². The summed E-state index contributed by atoms with van der Waals surface area (Å²) in [6.45, 7) is 0.749. The number of nitrogens with zero attached hydrogens (tertiary/aromatic N) is 3. The van der Waals surface area contributed by atoms with Crippen molar-refractivity contribution in [3.05, 3.63) is 72.7 Å². The number of nitrogens with one attached hydrogen (secondary N) is 1. The molecule has 150 valence electrons. The highest BCUT2D eigenvalue weighted by molar-refractivity contribution is 5.94. The van der Waals surface area contributed by atoms with Gasteiger partial charge in [-0.05, 0) is 37.0 Å². The van der Waals surface area contributed by atoms with E-state index in [0.717, 1.165) is 6.54 Å². The van der Waals surface area contributed by atoms with Gasteiger partial charge in [-0.25, -0.2) is 14.4 Å². The Hall–Kier alpha value is -3.26. The van der Waals surface area contributed by atoms with E-state index < -0.39 is 11.9 Å². The Morgan fingerprint density at radius 2 is 2.14 bits per heavy atom. The van der Waals surface area contributed by atoms with Crippen LogP contribution in [-0.2, 0) is 6.54 Å². The minimum atomic E-state index is -0.608. The lowest BCUT2D eigenvalue weighted by atomic mass is 10.1. The largest absolute Gasteiger partial charge is 0.436 e. The van der Waals surface area contributed by atoms with Gasteiger partial charge < -0.3 is 19.7 Å². The number of pyridine rings is 1. The monoisotopic (exact) mass is 396 g/mol. The van der Waals surface area contributed by atoms with Gasteiger partial charge in [0.25, 0.3) is 5.91 Å². The van der Waals surface area contributed by atoms with Gasteiger partial charge in [0, 0.05) is 36.8 Å². The SMILES string of the molecule is O=C(N[C@@H]1CC(Cn2ccnc2)C[C@H]1O)c1ccnc(Oc2ccccc2F)c1. The van der Waals surface area contributed by atoms with Crippen LogP contribution < -0.4 is 10.1 Å². The lowest BCUT2D eigenvalue weighted by Gasteiger charge is -2.16. The molecule has 1 aromatic carbocycles. The number of carbonyl (C=O) groups is 1. The van der Waals surface area contributed by atoms with E-state index in [0.29, 0.717) is 18.4 Å². The van der Waals surface area contributed by atoms with Crippen LogP contribution in [0, 0.1) is 11.7 Å². The van der Waals surface area contributed by atoms with Crippen LogP contribution in [0.3, 0.4) is 0 Å². The molecular formula is C21H21FN4O3. The van der Waals surface area contributed by atoms with Crippen molar-refractivity contribution < 1.29 is 19.0 Å². The number of amides is 1. The second-order valence-corrected chi connectivity index (χ2v) is 7.16. The molecule has 4 rings (SSSR count). The maximum atomic E-state index is 13.8. The lowest BCUT2D eigenvalue weighted by molar-refractivity contribution is 0.0872. The molecule has 1 aliphatic carbocycles. The normalized spacial score (nSPS) is 21.1. The van der Waals surface area contributed by atoms with Crippen molar-refractivity contribution in [1.29, 1.82) is 0 Å². The predicted molar refractivity (Wildman–Crippen MR) is 103 cm³/mol. The maximum absolute atomic E-state index is 13.8. The number of aliphatic hydroxyl groups excluding tert-OH is 1. The molecule has 2 N–H and O–H groups in total. The molecule has 0 aliphatic heterocycles. The Morgan fingerprint density at radius 1 is 1.28 bits per heavy atom. The molecule has 1 amide bonds. The molecular weight excluding hydrogens is 375 g/mol. The van der Waals surface area contributed by atoms with Crippen molar-refractivity contribution >= 4 is 5.91 Å². The van der Waals surface area contributed by atoms with E-state index >= 15 is 0 Å². The van der Waals surface area contributed by atoms with Gasteiger partial charge in [0.2, 0.25) is 5.88 Å². The number of rotatable bonds is 6. The Kier molecular flexibility index (Phi) is 5.53. The number of aliphatic hydroxyl groups is 1. The zero-order valence-corrected chi connectivity index (χ0v) is 15.6. The maximum Gasteiger partial charge on any atom is 0.251 e. The van der Waals surface area contributed by atoms with E-state index in [4.69, 9.17) is 4.74 Å². The molecule has 0 radical (unpaired) electrons. The summed E-state index contributed by atoms with van der Waals surface area (Å²) < 4.78 is 21.2. The van der Waals surface area contributed by atoms with Crippen molar-refractivity contribution in [2.75, 3.05) is 0 Å². The molecule has 1 aliphatic rings. The van der Waals surface area contributed by atoms with Crippen molar-refractivity contribution in [2.45, 2.75) is 31.5 Å². The fourth-order valence-corrected chi connectivity index (χ4v) is 3.61. The number of hydrogen-bond donors (Lipinski definition) is 2. The first-order valence-corrected chi connectivity index (χ1v) is 9.41. The standard InChI is InChI=1S/C21H21FN4O3/c22-16-3-1-2-4-19(16)29-20-11-15(5-6-24-20)21(28)25-17-9-14(10-18(17)27)12-26-8-7-23-13-26/h1-8,11,13-14,17-18,27H,9-10,12H2,(H,25,28)/t14?,17-,18-/m1/s1. The third kappa shape index (κ3) is 4.60. The molecule has 3 aromatic rings. The van der Waals surface area contributed by atoms with Crippen LogP contribution in [0.1, 0.15) is 23.2 Å². The van der Waals surface area contributed by atoms with Gasteiger partial charge in [0.1, 0.15) is 0 Å². The lowest BCUT2D eigenvalue weighted by Crippen LogP contribution is -2.39. The molecule has 29 heavy (non-hydrogen) atoms. The number of carbonyl (C=O) groups excluding carboxylic acids is 1. The number of imidazole rings is 1. The first kappa shape index (κ1) is 19.1. The van der Waals surface area contributed by atoms with E-state index in [1.807, 2.05) is 10.8 Å². The Labute approximate surface area is 167 Å². The average molecular weight is 396 g/mol. The molecule has 8 heteroatoms. The summed E-state index contributed by atoms with van der Waals surface area (Å²) in [5.74, 6) is -0.444. The molecule has 2 heterocycles. The number of aromatic nitrogens is 3. The van der Waals surface area contributed by atoms with Crippen LogP contribution in [-0.4, -0.2) is 37.7 Å². The van der Waals surface area contributed by atoms with Gasteiger partial charge in [-0.1, -0.05) is 12.1 Å². The van der Waals surface area contributed by atoms with E-state index in [1.54, 1.807) is 30.7 Å². The topological polar surface area (TPSA) is 89.3 Å². The Morgan fingerprint density at radius 3 is 2.93 bits per heavy atom. The van der Waals surface area contributed by atoms with Gasteiger partial charge in [-0.15, -0.1) is 0 Å². The van der Waals surface area contributed by atoms with Crippen LogP contribution >= 0.6 is 0 Å². The van der Waals surface area contributed by atoms with Gasteiger partial charge in [-0.3, -0.25) is 4.79 Å². The molecule has 1 unspecified atom stereocenters. The molecule has 0 spiro atoms. The van der Waals surface area contributed by atoms with Gasteiger partial charge in [-0.2, -0.15) is 0 Å². The fourth-order valence-electron chi connectivity index (χ4n) is 3.61. The highest BCUT2D eigenvalue weighted by Crippen LogP contribution is 2.28. The summed E-state index contributed by atoms with van der Waals surface area (Å²) in [5, 5.41) is 13.2. The zero-order valence-electron chi connectivity index (χ0n) is 15.6. The summed E-state index contributed by atoms with van der Waals surface area (Å²) in [5.41, 5.74) is 0.330. The Balaban J connectivity index is 1.39. The zero-order chi connectivity index (χ0) is 20.2. The highest BCUT2D eigenvalue weighted by atomic mass is 19.1. The van der Waals surface area contributed by atoms with Crippen molar-refractivity contribution in [3.63, 3.8) is 0 Å². The number of ether oxygens (including phenoxy) is 1. The van der Waals surface area contributed by atoms with Crippen LogP contribution in [0.2, 0.25) is 0 Å². The molecule has 7 nitrogen and oxygen atoms in total. The second-order valence-electron chi connectivity index (χ2n) is 7.16. The average Bonchev–Trinajstić information content (AvgIpc) is 3.34. The third-order valence-electron chi connectivity index (χ3n) is 5.02. The minimum Gasteiger partial charge on any atom is -0.436 e. The van der Waals surface area contributed by atoms with Crippen LogP contribution in [0.15, 0.2) is 61.3 Å². The smallest absolute Gasteiger partial charge is 0.251 e. The van der Waals surface area contributed by atoms with Gasteiger partial charge >= 0.3 is 0 Å². The number of hydrogen-bond acceptors (Lipinski definition) is 5. The molecule has 0 bridgehead atoms. The predicted octanol–water partition coefficient (Wildman–Crippen LogP) is 2.78. The van der Waals surface area contributed by atoms with Crippen molar-refractivity contribution in [1.82, 2.24) is 19.9 Å². The Bertz CT molecular complexity index is 980. The summed E-state index contributed by atoms with van der Waals surface area (Å²) >= 11 is 0.